The van der Waals surface area contributed by atoms with Crippen molar-refractivity contribution in [2.75, 3.05) is 36.9 Å². The van der Waals surface area contributed by atoms with Gasteiger partial charge in [0.15, 0.2) is 0 Å². The Morgan fingerprint density at radius 1 is 1.05 bits per heavy atom. The monoisotopic (exact) mass is 269 g/mol. The van der Waals surface area contributed by atoms with Crippen LogP contribution in [-0.4, -0.2) is 47.2 Å². The quantitative estimate of drug-likeness (QED) is 0.665. The highest BCUT2D eigenvalue weighted by atomic mass is 16.5. The molecule has 0 aliphatic carbocycles. The van der Waals surface area contributed by atoms with Crippen LogP contribution < -0.4 is 15.4 Å². The van der Waals surface area contributed by atoms with Crippen molar-refractivity contribution in [3.05, 3.63) is 0 Å². The van der Waals surface area contributed by atoms with Gasteiger partial charge in [0.2, 0.25) is 11.9 Å². The molecule has 0 amide bonds. The highest BCUT2D eigenvalue weighted by Gasteiger charge is 2.08. The summed E-state index contributed by atoms with van der Waals surface area (Å²) >= 11 is 0. The highest BCUT2D eigenvalue weighted by molar-refractivity contribution is 5.74. The van der Waals surface area contributed by atoms with Gasteiger partial charge in [0.05, 0.1) is 13.2 Å². The number of carbonyl (C=O) groups excluding carboxylic acids is 1. The van der Waals surface area contributed by atoms with Crippen molar-refractivity contribution < 1.29 is 14.3 Å². The van der Waals surface area contributed by atoms with Crippen LogP contribution in [0.4, 0.5) is 11.9 Å². The number of nitrogens with zero attached hydrogens (tertiary/aromatic N) is 3. The number of aromatic nitrogens is 3. The molecule has 0 atom stereocenters. The Labute approximate surface area is 111 Å². The van der Waals surface area contributed by atoms with Crippen molar-refractivity contribution in [3.8, 4) is 6.01 Å². The normalized spacial score (nSPS) is 9.84. The van der Waals surface area contributed by atoms with E-state index in [9.17, 15) is 4.79 Å². The van der Waals surface area contributed by atoms with E-state index in [-0.39, 0.29) is 24.5 Å². The van der Waals surface area contributed by atoms with Gasteiger partial charge in [-0.2, -0.15) is 15.0 Å². The summed E-state index contributed by atoms with van der Waals surface area (Å²) in [5.41, 5.74) is 0. The summed E-state index contributed by atoms with van der Waals surface area (Å²) in [5, 5.41) is 5.73. The summed E-state index contributed by atoms with van der Waals surface area (Å²) in [5.74, 6) is 0.292. The maximum Gasteiger partial charge on any atom is 0.325 e. The van der Waals surface area contributed by atoms with Crippen LogP contribution >= 0.6 is 0 Å². The van der Waals surface area contributed by atoms with E-state index in [0.717, 1.165) is 0 Å². The van der Waals surface area contributed by atoms with Crippen molar-refractivity contribution in [2.45, 2.75) is 20.8 Å². The van der Waals surface area contributed by atoms with E-state index < -0.39 is 0 Å². The molecular formula is C11H19N5O3. The predicted molar refractivity (Wildman–Crippen MR) is 70.3 cm³/mol. The molecule has 1 heterocycles. The topological polar surface area (TPSA) is 98.3 Å². The number of nitrogens with one attached hydrogen (secondary N) is 2. The van der Waals surface area contributed by atoms with Gasteiger partial charge >= 0.3 is 12.0 Å². The smallest absolute Gasteiger partial charge is 0.325 e. The molecule has 0 aliphatic heterocycles. The number of anilines is 2. The summed E-state index contributed by atoms with van der Waals surface area (Å²) in [6, 6.07) is 0.208. The number of rotatable bonds is 8. The Balaban J connectivity index is 2.72. The van der Waals surface area contributed by atoms with Crippen LogP contribution in [0.25, 0.3) is 0 Å². The number of carbonyl (C=O) groups is 1. The van der Waals surface area contributed by atoms with Gasteiger partial charge in [-0.25, -0.2) is 0 Å². The lowest BCUT2D eigenvalue weighted by Crippen LogP contribution is -2.19. The van der Waals surface area contributed by atoms with Gasteiger partial charge in [-0.15, -0.1) is 0 Å². The fourth-order valence-electron chi connectivity index (χ4n) is 1.23. The van der Waals surface area contributed by atoms with Gasteiger partial charge in [-0.3, -0.25) is 4.79 Å². The standard InChI is InChI=1S/C11H19N5O3/c1-4-12-9-14-10(13-7-8(17)18-5-2)16-11(15-9)19-6-3/h4-7H2,1-3H3,(H2,12,13,14,15,16). The SMILES string of the molecule is CCNc1nc(NCC(=O)OCC)nc(OCC)n1. The van der Waals surface area contributed by atoms with E-state index in [2.05, 4.69) is 25.6 Å². The molecule has 0 saturated heterocycles. The van der Waals surface area contributed by atoms with Gasteiger partial charge in [0, 0.05) is 6.54 Å². The van der Waals surface area contributed by atoms with Gasteiger partial charge < -0.3 is 20.1 Å². The molecule has 106 valence electrons. The Kier molecular flexibility index (Phi) is 6.34. The molecular weight excluding hydrogens is 250 g/mol. The van der Waals surface area contributed by atoms with Crippen molar-refractivity contribution in [1.29, 1.82) is 0 Å². The molecule has 2 N–H and O–H groups in total. The first kappa shape index (κ1) is 14.9. The number of ether oxygens (including phenoxy) is 2. The first-order chi connectivity index (χ1) is 9.19. The van der Waals surface area contributed by atoms with Crippen LogP contribution in [0, 0.1) is 0 Å². The Hall–Kier alpha value is -2.12. The molecule has 1 rings (SSSR count). The van der Waals surface area contributed by atoms with Crippen molar-refractivity contribution >= 4 is 17.9 Å². The van der Waals surface area contributed by atoms with Crippen LogP contribution in [0.2, 0.25) is 0 Å². The van der Waals surface area contributed by atoms with Gasteiger partial charge in [-0.1, -0.05) is 0 Å². The molecule has 0 radical (unpaired) electrons. The molecule has 1 aromatic heterocycles. The second-order valence-corrected chi connectivity index (χ2v) is 3.39. The predicted octanol–water partition coefficient (Wildman–Crippen LogP) is 0.677. The maximum atomic E-state index is 11.2. The van der Waals surface area contributed by atoms with E-state index >= 15 is 0 Å². The van der Waals surface area contributed by atoms with Crippen LogP contribution in [0.1, 0.15) is 20.8 Å². The first-order valence-corrected chi connectivity index (χ1v) is 6.21. The van der Waals surface area contributed by atoms with E-state index in [1.165, 1.54) is 0 Å². The minimum Gasteiger partial charge on any atom is -0.465 e. The molecule has 0 aliphatic rings. The summed E-state index contributed by atoms with van der Waals surface area (Å²) < 4.78 is 10.0. The molecule has 0 spiro atoms. The second-order valence-electron chi connectivity index (χ2n) is 3.39. The lowest BCUT2D eigenvalue weighted by atomic mass is 10.6. The Morgan fingerprint density at radius 2 is 1.74 bits per heavy atom. The first-order valence-electron chi connectivity index (χ1n) is 6.21. The third kappa shape index (κ3) is 5.36. The lowest BCUT2D eigenvalue weighted by Gasteiger charge is -2.09. The molecule has 0 fully saturated rings. The van der Waals surface area contributed by atoms with Gasteiger partial charge in [0.25, 0.3) is 0 Å². The van der Waals surface area contributed by atoms with Crippen molar-refractivity contribution in [2.24, 2.45) is 0 Å². The van der Waals surface area contributed by atoms with E-state index in [1.54, 1.807) is 6.92 Å². The molecule has 0 saturated carbocycles. The van der Waals surface area contributed by atoms with Crippen LogP contribution in [0.3, 0.4) is 0 Å². The molecule has 0 aromatic carbocycles. The minimum absolute atomic E-state index is 0.00498. The second kappa shape index (κ2) is 8.06. The average molecular weight is 269 g/mol. The number of esters is 1. The van der Waals surface area contributed by atoms with Crippen LogP contribution in [-0.2, 0) is 9.53 Å². The number of hydrogen-bond donors (Lipinski definition) is 2. The third-order valence-electron chi connectivity index (χ3n) is 1.92. The zero-order valence-corrected chi connectivity index (χ0v) is 11.4. The molecule has 8 nitrogen and oxygen atoms in total. The van der Waals surface area contributed by atoms with E-state index in [0.29, 0.717) is 25.7 Å². The Bertz CT molecular complexity index is 389. The largest absolute Gasteiger partial charge is 0.465 e. The lowest BCUT2D eigenvalue weighted by molar-refractivity contribution is -0.140. The molecule has 8 heteroatoms. The van der Waals surface area contributed by atoms with Crippen LogP contribution in [0.15, 0.2) is 0 Å². The molecule has 1 aromatic rings. The molecule has 19 heavy (non-hydrogen) atoms. The van der Waals surface area contributed by atoms with Gasteiger partial charge in [0.1, 0.15) is 6.54 Å². The summed E-state index contributed by atoms with van der Waals surface area (Å²) in [6.07, 6.45) is 0. The summed E-state index contributed by atoms with van der Waals surface area (Å²) in [6.45, 7) is 6.97. The van der Waals surface area contributed by atoms with Crippen molar-refractivity contribution in [3.63, 3.8) is 0 Å². The average Bonchev–Trinajstić information content (AvgIpc) is 2.37. The summed E-state index contributed by atoms with van der Waals surface area (Å²) in [7, 11) is 0. The fraction of sp³-hybridized carbons (Fsp3) is 0.636. The fourth-order valence-corrected chi connectivity index (χ4v) is 1.23. The van der Waals surface area contributed by atoms with Crippen LogP contribution in [0.5, 0.6) is 6.01 Å². The molecule has 0 unspecified atom stereocenters. The minimum atomic E-state index is -0.370. The number of hydrogen-bond acceptors (Lipinski definition) is 8. The Morgan fingerprint density at radius 3 is 2.32 bits per heavy atom. The maximum absolute atomic E-state index is 11.2. The highest BCUT2D eigenvalue weighted by Crippen LogP contribution is 2.10. The molecule has 0 bridgehead atoms. The van der Waals surface area contributed by atoms with E-state index in [4.69, 9.17) is 9.47 Å². The van der Waals surface area contributed by atoms with E-state index in [1.807, 2.05) is 13.8 Å². The third-order valence-corrected chi connectivity index (χ3v) is 1.92. The zero-order valence-electron chi connectivity index (χ0n) is 11.4. The van der Waals surface area contributed by atoms with Crippen molar-refractivity contribution in [1.82, 2.24) is 15.0 Å². The summed E-state index contributed by atoms with van der Waals surface area (Å²) in [4.78, 5) is 23.4. The van der Waals surface area contributed by atoms with Gasteiger partial charge in [-0.05, 0) is 20.8 Å². The zero-order chi connectivity index (χ0) is 14.1.